The van der Waals surface area contributed by atoms with Crippen molar-refractivity contribution in [3.8, 4) is 5.75 Å². The van der Waals surface area contributed by atoms with Gasteiger partial charge in [0.15, 0.2) is 0 Å². The lowest BCUT2D eigenvalue weighted by Gasteiger charge is -2.16. The van der Waals surface area contributed by atoms with Crippen LogP contribution in [0.3, 0.4) is 0 Å². The van der Waals surface area contributed by atoms with Gasteiger partial charge in [0, 0.05) is 24.0 Å². The molecule has 2 unspecified atom stereocenters. The second kappa shape index (κ2) is 5.36. The molecular formula is C18H18ClNO. The van der Waals surface area contributed by atoms with Gasteiger partial charge in [-0.3, -0.25) is 0 Å². The van der Waals surface area contributed by atoms with Gasteiger partial charge in [-0.15, -0.1) is 0 Å². The molecule has 108 valence electrons. The lowest BCUT2D eigenvalue weighted by atomic mass is 10.1. The Kier molecular flexibility index (Phi) is 3.36. The van der Waals surface area contributed by atoms with Crippen LogP contribution in [0.1, 0.15) is 16.7 Å². The first-order chi connectivity index (χ1) is 10.3. The Balaban J connectivity index is 1.34. The molecule has 2 aliphatic rings. The summed E-state index contributed by atoms with van der Waals surface area (Å²) in [5.41, 5.74) is 4.13. The molecule has 2 aromatic rings. The molecule has 1 heterocycles. The Morgan fingerprint density at radius 1 is 1.00 bits per heavy atom. The van der Waals surface area contributed by atoms with E-state index in [0.717, 1.165) is 36.6 Å². The molecule has 1 aliphatic heterocycles. The number of para-hydroxylation sites is 1. The van der Waals surface area contributed by atoms with Crippen molar-refractivity contribution in [2.24, 2.45) is 0 Å². The van der Waals surface area contributed by atoms with Crippen molar-refractivity contribution in [2.75, 3.05) is 6.54 Å². The third-order valence-electron chi connectivity index (χ3n) is 4.45. The largest absolute Gasteiger partial charge is 0.488 e. The normalized spacial score (nSPS) is 22.7. The number of benzene rings is 2. The fourth-order valence-electron chi connectivity index (χ4n) is 3.40. The van der Waals surface area contributed by atoms with Gasteiger partial charge < -0.3 is 10.1 Å². The molecule has 0 radical (unpaired) electrons. The van der Waals surface area contributed by atoms with E-state index in [4.69, 9.17) is 16.3 Å². The Labute approximate surface area is 130 Å². The Morgan fingerprint density at radius 2 is 1.86 bits per heavy atom. The van der Waals surface area contributed by atoms with Crippen molar-refractivity contribution >= 4 is 11.6 Å². The van der Waals surface area contributed by atoms with Crippen molar-refractivity contribution in [3.05, 3.63) is 64.2 Å². The molecule has 2 nitrogen and oxygen atoms in total. The van der Waals surface area contributed by atoms with E-state index in [2.05, 4.69) is 35.6 Å². The van der Waals surface area contributed by atoms with Crippen LogP contribution in [-0.4, -0.2) is 18.7 Å². The third kappa shape index (κ3) is 2.66. The van der Waals surface area contributed by atoms with Crippen molar-refractivity contribution in [1.29, 1.82) is 0 Å². The number of halogens is 1. The predicted molar refractivity (Wildman–Crippen MR) is 85.2 cm³/mol. The van der Waals surface area contributed by atoms with Crippen LogP contribution in [-0.2, 0) is 19.3 Å². The van der Waals surface area contributed by atoms with Gasteiger partial charge in [-0.05, 0) is 47.7 Å². The number of nitrogens with one attached hydrogen (secondary N) is 1. The summed E-state index contributed by atoms with van der Waals surface area (Å²) in [4.78, 5) is 0. The van der Waals surface area contributed by atoms with Crippen LogP contribution in [0, 0.1) is 0 Å². The van der Waals surface area contributed by atoms with Gasteiger partial charge in [0.25, 0.3) is 0 Å². The van der Waals surface area contributed by atoms with Gasteiger partial charge in [0.05, 0.1) is 0 Å². The first kappa shape index (κ1) is 13.2. The second-order valence-electron chi connectivity index (χ2n) is 5.98. The van der Waals surface area contributed by atoms with E-state index in [0.29, 0.717) is 6.04 Å². The quantitative estimate of drug-likeness (QED) is 0.938. The molecule has 4 rings (SSSR count). The number of hydrogen-bond acceptors (Lipinski definition) is 2. The molecule has 21 heavy (non-hydrogen) atoms. The lowest BCUT2D eigenvalue weighted by molar-refractivity contribution is 0.221. The van der Waals surface area contributed by atoms with Gasteiger partial charge in [-0.1, -0.05) is 35.9 Å². The molecule has 0 bridgehead atoms. The molecule has 2 aromatic carbocycles. The number of rotatable bonds is 3. The molecule has 0 amide bonds. The standard InChI is InChI=1S/C18H18ClNO/c19-15-6-5-12-8-16(9-14(12)7-15)20-11-17-10-13-3-1-2-4-18(13)21-17/h1-7,16-17,20H,8-11H2. The highest BCUT2D eigenvalue weighted by Gasteiger charge is 2.25. The molecule has 1 aliphatic carbocycles. The van der Waals surface area contributed by atoms with Gasteiger partial charge in [-0.2, -0.15) is 0 Å². The zero-order valence-corrected chi connectivity index (χ0v) is 12.6. The minimum absolute atomic E-state index is 0.259. The average Bonchev–Trinajstić information content (AvgIpc) is 3.07. The Morgan fingerprint density at radius 3 is 2.76 bits per heavy atom. The molecule has 2 atom stereocenters. The van der Waals surface area contributed by atoms with Crippen molar-refractivity contribution in [2.45, 2.75) is 31.4 Å². The zero-order valence-electron chi connectivity index (χ0n) is 11.8. The molecule has 0 fully saturated rings. The Hall–Kier alpha value is -1.51. The summed E-state index contributed by atoms with van der Waals surface area (Å²) in [6, 6.07) is 15.1. The zero-order chi connectivity index (χ0) is 14.2. The van der Waals surface area contributed by atoms with E-state index in [9.17, 15) is 0 Å². The summed E-state index contributed by atoms with van der Waals surface area (Å²) >= 11 is 6.06. The summed E-state index contributed by atoms with van der Waals surface area (Å²) in [6.07, 6.45) is 3.42. The molecule has 1 N–H and O–H groups in total. The maximum absolute atomic E-state index is 6.06. The minimum Gasteiger partial charge on any atom is -0.488 e. The monoisotopic (exact) mass is 299 g/mol. The van der Waals surface area contributed by atoms with Crippen LogP contribution in [0.5, 0.6) is 5.75 Å². The van der Waals surface area contributed by atoms with Crippen LogP contribution in [0.15, 0.2) is 42.5 Å². The highest BCUT2D eigenvalue weighted by atomic mass is 35.5. The smallest absolute Gasteiger partial charge is 0.123 e. The summed E-state index contributed by atoms with van der Waals surface area (Å²) in [6.45, 7) is 0.904. The van der Waals surface area contributed by atoms with E-state index in [1.54, 1.807) is 0 Å². The number of ether oxygens (including phenoxy) is 1. The number of fused-ring (bicyclic) bond motifs is 2. The van der Waals surface area contributed by atoms with Crippen LogP contribution in [0.25, 0.3) is 0 Å². The molecule has 0 spiro atoms. The van der Waals surface area contributed by atoms with Crippen LogP contribution >= 0.6 is 11.6 Å². The molecule has 3 heteroatoms. The number of hydrogen-bond donors (Lipinski definition) is 1. The van der Waals surface area contributed by atoms with Gasteiger partial charge in [0.2, 0.25) is 0 Å². The summed E-state index contributed by atoms with van der Waals surface area (Å²) < 4.78 is 5.98. The fourth-order valence-corrected chi connectivity index (χ4v) is 3.59. The predicted octanol–water partition coefficient (Wildman–Crippen LogP) is 3.40. The van der Waals surface area contributed by atoms with Crippen molar-refractivity contribution < 1.29 is 4.74 Å². The maximum atomic E-state index is 6.06. The first-order valence-electron chi connectivity index (χ1n) is 7.53. The summed E-state index contributed by atoms with van der Waals surface area (Å²) in [5, 5.41) is 4.49. The third-order valence-corrected chi connectivity index (χ3v) is 4.68. The van der Waals surface area contributed by atoms with Gasteiger partial charge in [-0.25, -0.2) is 0 Å². The van der Waals surface area contributed by atoms with Crippen LogP contribution < -0.4 is 10.1 Å². The first-order valence-corrected chi connectivity index (χ1v) is 7.91. The van der Waals surface area contributed by atoms with E-state index in [1.165, 1.54) is 16.7 Å². The van der Waals surface area contributed by atoms with Gasteiger partial charge >= 0.3 is 0 Å². The molecule has 0 aromatic heterocycles. The molecule has 0 saturated heterocycles. The fraction of sp³-hybridized carbons (Fsp3) is 0.333. The van der Waals surface area contributed by atoms with Crippen molar-refractivity contribution in [1.82, 2.24) is 5.32 Å². The van der Waals surface area contributed by atoms with Crippen LogP contribution in [0.2, 0.25) is 5.02 Å². The lowest BCUT2D eigenvalue weighted by Crippen LogP contribution is -2.37. The van der Waals surface area contributed by atoms with Crippen molar-refractivity contribution in [3.63, 3.8) is 0 Å². The van der Waals surface area contributed by atoms with E-state index in [1.807, 2.05) is 12.1 Å². The van der Waals surface area contributed by atoms with E-state index in [-0.39, 0.29) is 6.10 Å². The van der Waals surface area contributed by atoms with Crippen LogP contribution in [0.4, 0.5) is 0 Å². The van der Waals surface area contributed by atoms with E-state index >= 15 is 0 Å². The summed E-state index contributed by atoms with van der Waals surface area (Å²) in [5.74, 6) is 1.05. The minimum atomic E-state index is 0.259. The van der Waals surface area contributed by atoms with Gasteiger partial charge in [0.1, 0.15) is 11.9 Å². The topological polar surface area (TPSA) is 21.3 Å². The maximum Gasteiger partial charge on any atom is 0.123 e. The second-order valence-corrected chi connectivity index (χ2v) is 6.41. The summed E-state index contributed by atoms with van der Waals surface area (Å²) in [7, 11) is 0. The highest BCUT2D eigenvalue weighted by Crippen LogP contribution is 2.29. The van der Waals surface area contributed by atoms with E-state index < -0.39 is 0 Å². The SMILES string of the molecule is Clc1ccc2c(c1)CC(NCC1Cc3ccccc3O1)C2. The Bertz CT molecular complexity index is 645. The molecular weight excluding hydrogens is 282 g/mol. The molecule has 0 saturated carbocycles. The average molecular weight is 300 g/mol. The highest BCUT2D eigenvalue weighted by molar-refractivity contribution is 6.30.